The lowest BCUT2D eigenvalue weighted by Gasteiger charge is -2.27. The fourth-order valence-corrected chi connectivity index (χ4v) is 3.43. The number of carbonyl (C=O) groups is 1. The normalized spacial score (nSPS) is 17.9. The molecule has 0 N–H and O–H groups in total. The predicted molar refractivity (Wildman–Crippen MR) is 66.0 cm³/mol. The Kier molecular flexibility index (Phi) is 2.93. The second kappa shape index (κ2) is 4.09. The SMILES string of the molecule is Cc1c([SH](C)(=O)C=O)ccnc1C1CCC1. The van der Waals surface area contributed by atoms with Crippen LogP contribution in [0.4, 0.5) is 0 Å². The Labute approximate surface area is 96.7 Å². The molecule has 2 rings (SSSR count). The van der Waals surface area contributed by atoms with Crippen molar-refractivity contribution in [1.82, 2.24) is 4.98 Å². The molecule has 1 fully saturated rings. The summed E-state index contributed by atoms with van der Waals surface area (Å²) in [5.41, 5.74) is 2.57. The number of rotatable bonds is 3. The molecule has 1 saturated carbocycles. The summed E-state index contributed by atoms with van der Waals surface area (Å²) in [7, 11) is -2.84. The second-order valence-electron chi connectivity index (χ2n) is 4.56. The van der Waals surface area contributed by atoms with Crippen LogP contribution in [0.1, 0.15) is 36.4 Å². The van der Waals surface area contributed by atoms with Crippen LogP contribution in [0.15, 0.2) is 17.2 Å². The second-order valence-corrected chi connectivity index (χ2v) is 7.24. The minimum absolute atomic E-state index is 0.506. The van der Waals surface area contributed by atoms with Crippen molar-refractivity contribution in [3.8, 4) is 0 Å². The molecule has 0 radical (unpaired) electrons. The summed E-state index contributed by atoms with van der Waals surface area (Å²) in [6, 6.07) is 1.71. The van der Waals surface area contributed by atoms with Gasteiger partial charge in [-0.2, -0.15) is 0 Å². The van der Waals surface area contributed by atoms with Crippen molar-refractivity contribution in [2.45, 2.75) is 37.0 Å². The number of hydrogen-bond donors (Lipinski definition) is 1. The van der Waals surface area contributed by atoms with E-state index in [1.807, 2.05) is 6.92 Å². The fraction of sp³-hybridized carbons (Fsp3) is 0.500. The van der Waals surface area contributed by atoms with Crippen molar-refractivity contribution in [3.05, 3.63) is 23.5 Å². The van der Waals surface area contributed by atoms with E-state index in [-0.39, 0.29) is 0 Å². The Morgan fingerprint density at radius 1 is 1.50 bits per heavy atom. The van der Waals surface area contributed by atoms with Crippen LogP contribution in [0, 0.1) is 6.92 Å². The highest BCUT2D eigenvalue weighted by Gasteiger charge is 2.25. The average molecular weight is 239 g/mol. The van der Waals surface area contributed by atoms with Crippen LogP contribution in [0.5, 0.6) is 0 Å². The van der Waals surface area contributed by atoms with Crippen molar-refractivity contribution in [3.63, 3.8) is 0 Å². The van der Waals surface area contributed by atoms with Crippen LogP contribution in [0.25, 0.3) is 0 Å². The van der Waals surface area contributed by atoms with Gasteiger partial charge in [0.05, 0.1) is 0 Å². The van der Waals surface area contributed by atoms with Crippen LogP contribution in [-0.4, -0.2) is 21.1 Å². The third-order valence-electron chi connectivity index (χ3n) is 3.39. The van der Waals surface area contributed by atoms with Gasteiger partial charge in [-0.15, -0.1) is 0 Å². The van der Waals surface area contributed by atoms with Gasteiger partial charge in [0.1, 0.15) is 0 Å². The van der Waals surface area contributed by atoms with Crippen LogP contribution in [-0.2, 0) is 14.7 Å². The Balaban J connectivity index is 2.47. The van der Waals surface area contributed by atoms with E-state index in [0.29, 0.717) is 16.4 Å². The van der Waals surface area contributed by atoms with Crippen LogP contribution < -0.4 is 0 Å². The van der Waals surface area contributed by atoms with Gasteiger partial charge in [-0.1, -0.05) is 6.42 Å². The monoisotopic (exact) mass is 239 g/mol. The Morgan fingerprint density at radius 3 is 2.69 bits per heavy atom. The van der Waals surface area contributed by atoms with Gasteiger partial charge in [-0.25, -0.2) is 0 Å². The molecule has 1 aliphatic carbocycles. The highest BCUT2D eigenvalue weighted by Crippen LogP contribution is 2.38. The summed E-state index contributed by atoms with van der Waals surface area (Å²) in [5, 5.41) is 0. The highest BCUT2D eigenvalue weighted by molar-refractivity contribution is 8.14. The van der Waals surface area contributed by atoms with E-state index in [1.54, 1.807) is 12.3 Å². The van der Waals surface area contributed by atoms with Gasteiger partial charge in [0, 0.05) is 22.7 Å². The van der Waals surface area contributed by atoms with E-state index < -0.39 is 9.93 Å². The molecule has 0 spiro atoms. The minimum atomic E-state index is -2.84. The Hall–Kier alpha value is -1.03. The zero-order chi connectivity index (χ0) is 11.8. The van der Waals surface area contributed by atoms with Gasteiger partial charge < -0.3 is 0 Å². The lowest BCUT2D eigenvalue weighted by Crippen LogP contribution is -2.17. The average Bonchev–Trinajstić information content (AvgIpc) is 2.18. The molecule has 1 aromatic heterocycles. The maximum Gasteiger partial charge on any atom is 0.186 e. The van der Waals surface area contributed by atoms with E-state index >= 15 is 0 Å². The van der Waals surface area contributed by atoms with Crippen LogP contribution in [0.3, 0.4) is 0 Å². The van der Waals surface area contributed by atoms with E-state index in [0.717, 1.165) is 24.1 Å². The lowest BCUT2D eigenvalue weighted by atomic mass is 9.81. The maximum absolute atomic E-state index is 12.1. The highest BCUT2D eigenvalue weighted by atomic mass is 32.2. The molecule has 0 saturated heterocycles. The van der Waals surface area contributed by atoms with Crippen molar-refractivity contribution in [1.29, 1.82) is 0 Å². The summed E-state index contributed by atoms with van der Waals surface area (Å²) >= 11 is 0. The molecule has 0 atom stereocenters. The molecule has 1 aromatic rings. The summed E-state index contributed by atoms with van der Waals surface area (Å²) < 4.78 is 12.1. The number of carbonyl (C=O) groups excluding carboxylic acids is 1. The first-order valence-electron chi connectivity index (χ1n) is 5.56. The third kappa shape index (κ3) is 1.82. The standard InChI is InChI=1S/C12H17NO2S/c1-9-11(16(2,15)8-14)6-7-13-12(9)10-4-3-5-10/h6-8,10,16H,3-5H2,1-2H3. The first kappa shape index (κ1) is 11.5. The van der Waals surface area contributed by atoms with Crippen molar-refractivity contribution >= 4 is 15.6 Å². The molecule has 1 heterocycles. The van der Waals surface area contributed by atoms with Gasteiger partial charge in [0.25, 0.3) is 0 Å². The molecule has 4 heteroatoms. The molecule has 0 aliphatic heterocycles. The van der Waals surface area contributed by atoms with E-state index in [1.165, 1.54) is 12.7 Å². The predicted octanol–water partition coefficient (Wildman–Crippen LogP) is 1.85. The zero-order valence-electron chi connectivity index (χ0n) is 9.64. The van der Waals surface area contributed by atoms with Crippen LogP contribution in [0.2, 0.25) is 0 Å². The van der Waals surface area contributed by atoms with Gasteiger partial charge in [0.15, 0.2) is 5.62 Å². The molecular weight excluding hydrogens is 222 g/mol. The molecule has 0 bridgehead atoms. The number of hydrogen-bond acceptors (Lipinski definition) is 3. The third-order valence-corrected chi connectivity index (χ3v) is 5.23. The number of nitrogens with zero attached hydrogens (tertiary/aromatic N) is 1. The van der Waals surface area contributed by atoms with Gasteiger partial charge in [-0.05, 0) is 47.6 Å². The number of pyridine rings is 1. The lowest BCUT2D eigenvalue weighted by molar-refractivity contribution is 0.408. The van der Waals surface area contributed by atoms with Gasteiger partial charge >= 0.3 is 0 Å². The van der Waals surface area contributed by atoms with Crippen molar-refractivity contribution in [2.24, 2.45) is 0 Å². The smallest absolute Gasteiger partial charge is 0.186 e. The van der Waals surface area contributed by atoms with E-state index in [4.69, 9.17) is 0 Å². The van der Waals surface area contributed by atoms with Crippen LogP contribution >= 0.6 is 0 Å². The largest absolute Gasteiger partial charge is 0.290 e. The Bertz CT molecular complexity index is 466. The van der Waals surface area contributed by atoms with Gasteiger partial charge in [0.2, 0.25) is 0 Å². The molecule has 0 aromatic carbocycles. The number of aromatic nitrogens is 1. The summed E-state index contributed by atoms with van der Waals surface area (Å²) in [4.78, 5) is 15.9. The molecule has 1 aliphatic rings. The van der Waals surface area contributed by atoms with Crippen molar-refractivity contribution in [2.75, 3.05) is 6.26 Å². The summed E-state index contributed by atoms with van der Waals surface area (Å²) in [6.07, 6.45) is 6.76. The molecule has 16 heavy (non-hydrogen) atoms. The maximum atomic E-state index is 12.1. The summed E-state index contributed by atoms with van der Waals surface area (Å²) in [6.45, 7) is 1.93. The molecular formula is C12H17NO2S. The molecule has 3 nitrogen and oxygen atoms in total. The van der Waals surface area contributed by atoms with E-state index in [2.05, 4.69) is 4.98 Å². The first-order valence-corrected chi connectivity index (χ1v) is 7.78. The molecule has 0 unspecified atom stereocenters. The van der Waals surface area contributed by atoms with Crippen molar-refractivity contribution < 1.29 is 9.00 Å². The van der Waals surface area contributed by atoms with Gasteiger partial charge in [-0.3, -0.25) is 14.0 Å². The minimum Gasteiger partial charge on any atom is -0.290 e. The molecule has 88 valence electrons. The quantitative estimate of drug-likeness (QED) is 0.647. The zero-order valence-corrected chi connectivity index (χ0v) is 10.5. The first-order chi connectivity index (χ1) is 7.56. The fourth-order valence-electron chi connectivity index (χ4n) is 2.17. The Morgan fingerprint density at radius 2 is 2.19 bits per heavy atom. The topological polar surface area (TPSA) is 47.0 Å². The molecule has 0 amide bonds. The number of thiol groups is 1. The van der Waals surface area contributed by atoms with E-state index in [9.17, 15) is 9.00 Å². The summed E-state index contributed by atoms with van der Waals surface area (Å²) in [5.74, 6) is 0.506.